The smallest absolute Gasteiger partial charge is 0.135 e. The fourth-order valence-corrected chi connectivity index (χ4v) is 10.1. The third kappa shape index (κ3) is 7.00. The molecule has 3 heteroatoms. The quantitative estimate of drug-likeness (QED) is 0.144. The van der Waals surface area contributed by atoms with Gasteiger partial charge in [-0.05, 0) is 131 Å². The number of allylic oxidation sites excluding steroid dienone is 1. The Morgan fingerprint density at radius 2 is 0.985 bits per heavy atom. The Bertz CT molecular complexity index is 3780. The Morgan fingerprint density at radius 1 is 0.433 bits per heavy atom. The van der Waals surface area contributed by atoms with E-state index in [-0.39, 0.29) is 0 Å². The fraction of sp³-hybridized carbons (Fsp3) is 0.0312. The summed E-state index contributed by atoms with van der Waals surface area (Å²) in [5.41, 5.74) is 18.1. The van der Waals surface area contributed by atoms with E-state index in [2.05, 4.69) is 253 Å². The largest absolute Gasteiger partial charge is 0.456 e. The first-order valence-corrected chi connectivity index (χ1v) is 23.0. The monoisotopic (exact) mass is 858 g/mol. The van der Waals surface area contributed by atoms with Crippen molar-refractivity contribution < 1.29 is 4.42 Å². The van der Waals surface area contributed by atoms with Crippen LogP contribution in [0.25, 0.3) is 99.8 Å². The summed E-state index contributed by atoms with van der Waals surface area (Å²) in [4.78, 5) is 2.40. The van der Waals surface area contributed by atoms with Gasteiger partial charge in [-0.15, -0.1) is 0 Å². The van der Waals surface area contributed by atoms with Crippen LogP contribution in [0.2, 0.25) is 0 Å². The first-order chi connectivity index (χ1) is 33.1. The second-order valence-corrected chi connectivity index (χ2v) is 17.2. The molecular formula is C64H46N2O. The minimum absolute atomic E-state index is 0.881. The van der Waals surface area contributed by atoms with Crippen molar-refractivity contribution in [2.45, 2.75) is 13.8 Å². The molecule has 0 fully saturated rings. The third-order valence-electron chi connectivity index (χ3n) is 13.3. The van der Waals surface area contributed by atoms with Gasteiger partial charge >= 0.3 is 0 Å². The number of aromatic nitrogens is 1. The van der Waals surface area contributed by atoms with Gasteiger partial charge in [-0.25, -0.2) is 0 Å². The number of furan rings is 1. The lowest BCUT2D eigenvalue weighted by Gasteiger charge is -2.28. The van der Waals surface area contributed by atoms with Crippen LogP contribution in [0.3, 0.4) is 0 Å². The van der Waals surface area contributed by atoms with Gasteiger partial charge in [-0.2, -0.15) is 0 Å². The number of para-hydroxylation sites is 4. The Labute approximate surface area is 390 Å². The molecule has 0 aliphatic rings. The lowest BCUT2D eigenvalue weighted by molar-refractivity contribution is 0.601. The maximum atomic E-state index is 6.42. The predicted molar refractivity (Wildman–Crippen MR) is 284 cm³/mol. The van der Waals surface area contributed by atoms with Crippen LogP contribution in [0, 0.1) is 6.92 Å². The zero-order valence-electron chi connectivity index (χ0n) is 37.4. The summed E-state index contributed by atoms with van der Waals surface area (Å²) in [6.45, 7) is 4.19. The van der Waals surface area contributed by atoms with Crippen molar-refractivity contribution in [3.63, 3.8) is 0 Å². The van der Waals surface area contributed by atoms with Crippen LogP contribution >= 0.6 is 0 Å². The first-order valence-electron chi connectivity index (χ1n) is 23.0. The summed E-state index contributed by atoms with van der Waals surface area (Å²) in [7, 11) is 0. The normalized spacial score (nSPS) is 11.7. The topological polar surface area (TPSA) is 21.3 Å². The third-order valence-corrected chi connectivity index (χ3v) is 13.3. The Hall–Kier alpha value is -8.66. The molecule has 12 aromatic rings. The molecule has 0 N–H and O–H groups in total. The number of hydrogen-bond acceptors (Lipinski definition) is 2. The van der Waals surface area contributed by atoms with Crippen LogP contribution in [-0.4, -0.2) is 4.57 Å². The molecule has 67 heavy (non-hydrogen) atoms. The molecule has 0 saturated heterocycles. The van der Waals surface area contributed by atoms with E-state index < -0.39 is 0 Å². The molecule has 0 amide bonds. The molecule has 2 aromatic heterocycles. The Kier molecular flexibility index (Phi) is 9.95. The van der Waals surface area contributed by atoms with Crippen molar-refractivity contribution in [3.8, 4) is 50.2 Å². The Balaban J connectivity index is 0.980. The van der Waals surface area contributed by atoms with Gasteiger partial charge < -0.3 is 13.9 Å². The number of benzene rings is 10. The van der Waals surface area contributed by atoms with E-state index in [0.29, 0.717) is 0 Å². The van der Waals surface area contributed by atoms with Gasteiger partial charge in [0.15, 0.2) is 0 Å². The van der Waals surface area contributed by atoms with E-state index in [1.807, 2.05) is 13.0 Å². The molecule has 0 saturated carbocycles. The number of aryl methyl sites for hydroxylation is 1. The highest BCUT2D eigenvalue weighted by Crippen LogP contribution is 2.45. The number of rotatable bonds is 9. The second kappa shape index (κ2) is 16.7. The average molecular weight is 859 g/mol. The van der Waals surface area contributed by atoms with Crippen LogP contribution in [-0.2, 0) is 0 Å². The van der Waals surface area contributed by atoms with Crippen molar-refractivity contribution in [3.05, 3.63) is 248 Å². The zero-order valence-corrected chi connectivity index (χ0v) is 37.4. The number of hydrogen-bond donors (Lipinski definition) is 0. The molecule has 0 unspecified atom stereocenters. The summed E-state index contributed by atoms with van der Waals surface area (Å²) in [5.74, 6) is 0.885. The molecule has 0 aliphatic carbocycles. The van der Waals surface area contributed by atoms with Crippen molar-refractivity contribution in [1.29, 1.82) is 0 Å². The van der Waals surface area contributed by atoms with Gasteiger partial charge in [0.1, 0.15) is 11.3 Å². The minimum Gasteiger partial charge on any atom is -0.456 e. The Morgan fingerprint density at radius 3 is 1.72 bits per heavy atom. The van der Waals surface area contributed by atoms with Crippen molar-refractivity contribution in [2.75, 3.05) is 4.90 Å². The molecular weight excluding hydrogens is 813 g/mol. The maximum absolute atomic E-state index is 6.42. The standard InChI is InChI=1S/C64H46N2O/c1-3-16-62-43(2)64-57(25-15-30-63(64)67-62)56-24-9-11-27-59(56)65(51-37-33-45(34-38-51)48-19-14-20-49(41-48)50-32-31-44-17-4-5-18-47(44)42-50)52-39-35-46(36-40-52)53-21-6-10-26-58(53)66-60-28-12-7-22-54(60)55-23-8-13-29-61(55)66/h3-42H,1-2H3/b16-3-. The average Bonchev–Trinajstić information content (AvgIpc) is 3.90. The van der Waals surface area contributed by atoms with Crippen LogP contribution in [0.15, 0.2) is 241 Å². The van der Waals surface area contributed by atoms with Crippen LogP contribution in [0.5, 0.6) is 0 Å². The maximum Gasteiger partial charge on any atom is 0.135 e. The van der Waals surface area contributed by atoms with E-state index in [1.165, 1.54) is 54.8 Å². The van der Waals surface area contributed by atoms with E-state index >= 15 is 0 Å². The summed E-state index contributed by atoms with van der Waals surface area (Å²) in [6, 6.07) is 83.6. The van der Waals surface area contributed by atoms with E-state index in [9.17, 15) is 0 Å². The van der Waals surface area contributed by atoms with Crippen molar-refractivity contribution >= 4 is 66.7 Å². The zero-order chi connectivity index (χ0) is 44.8. The minimum atomic E-state index is 0.881. The van der Waals surface area contributed by atoms with Crippen molar-refractivity contribution in [1.82, 2.24) is 4.57 Å². The molecule has 0 spiro atoms. The second-order valence-electron chi connectivity index (χ2n) is 17.2. The molecule has 0 atom stereocenters. The lowest BCUT2D eigenvalue weighted by atomic mass is 9.95. The van der Waals surface area contributed by atoms with E-state index in [4.69, 9.17) is 4.42 Å². The number of nitrogens with zero attached hydrogens (tertiary/aromatic N) is 2. The van der Waals surface area contributed by atoms with Gasteiger partial charge in [-0.1, -0.05) is 170 Å². The molecule has 0 radical (unpaired) electrons. The van der Waals surface area contributed by atoms with Crippen molar-refractivity contribution in [2.24, 2.45) is 0 Å². The van der Waals surface area contributed by atoms with E-state index in [1.54, 1.807) is 0 Å². The molecule has 318 valence electrons. The van der Waals surface area contributed by atoms with E-state index in [0.717, 1.165) is 67.3 Å². The van der Waals surface area contributed by atoms with Gasteiger partial charge in [0.05, 0.1) is 22.4 Å². The predicted octanol–water partition coefficient (Wildman–Crippen LogP) is 18.2. The van der Waals surface area contributed by atoms with Crippen LogP contribution in [0.1, 0.15) is 18.2 Å². The molecule has 0 bridgehead atoms. The molecule has 12 rings (SSSR count). The SMILES string of the molecule is C/C=C\c1oc2cccc(-c3ccccc3N(c3ccc(-c4cccc(-c5ccc6ccccc6c5)c4)cc3)c3ccc(-c4ccccc4-n4c5ccccc5c5ccccc54)cc3)c2c1C. The summed E-state index contributed by atoms with van der Waals surface area (Å²) < 4.78 is 8.83. The highest BCUT2D eigenvalue weighted by atomic mass is 16.3. The molecule has 10 aromatic carbocycles. The van der Waals surface area contributed by atoms with Gasteiger partial charge in [0, 0.05) is 44.2 Å². The first kappa shape index (κ1) is 39.9. The van der Waals surface area contributed by atoms with Gasteiger partial charge in [-0.3, -0.25) is 0 Å². The van der Waals surface area contributed by atoms with Gasteiger partial charge in [0.2, 0.25) is 0 Å². The summed E-state index contributed by atoms with van der Waals surface area (Å²) in [5, 5.41) is 6.12. The van der Waals surface area contributed by atoms with Crippen LogP contribution < -0.4 is 4.90 Å². The number of fused-ring (bicyclic) bond motifs is 5. The summed E-state index contributed by atoms with van der Waals surface area (Å²) >= 11 is 0. The van der Waals surface area contributed by atoms with Gasteiger partial charge in [0.25, 0.3) is 0 Å². The molecule has 3 nitrogen and oxygen atoms in total. The fourth-order valence-electron chi connectivity index (χ4n) is 10.1. The summed E-state index contributed by atoms with van der Waals surface area (Å²) in [6.07, 6.45) is 4.09. The molecule has 2 heterocycles. The van der Waals surface area contributed by atoms with Crippen LogP contribution in [0.4, 0.5) is 17.1 Å². The highest BCUT2D eigenvalue weighted by molar-refractivity contribution is 6.10. The molecule has 0 aliphatic heterocycles. The highest BCUT2D eigenvalue weighted by Gasteiger charge is 2.22. The number of anilines is 3. The lowest BCUT2D eigenvalue weighted by Crippen LogP contribution is -2.11.